The van der Waals surface area contributed by atoms with Crippen molar-refractivity contribution in [1.29, 1.82) is 0 Å². The third-order valence-electron chi connectivity index (χ3n) is 4.52. The number of hydrogen-bond donors (Lipinski definition) is 1. The second kappa shape index (κ2) is 6.97. The van der Waals surface area contributed by atoms with Gasteiger partial charge in [0, 0.05) is 44.0 Å². The summed E-state index contributed by atoms with van der Waals surface area (Å²) >= 11 is 0. The molecule has 6 nitrogen and oxygen atoms in total. The Balaban J connectivity index is 1.85. The molecular weight excluding hydrogens is 302 g/mol. The Hall–Kier alpha value is -2.47. The zero-order valence-corrected chi connectivity index (χ0v) is 14.4. The van der Waals surface area contributed by atoms with E-state index in [4.69, 9.17) is 0 Å². The van der Waals surface area contributed by atoms with Crippen LogP contribution in [0.25, 0.3) is 0 Å². The van der Waals surface area contributed by atoms with Gasteiger partial charge in [0.05, 0.1) is 6.04 Å². The zero-order chi connectivity index (χ0) is 17.1. The molecule has 1 atom stereocenters. The number of anilines is 1. The third-order valence-corrected chi connectivity index (χ3v) is 4.52. The molecule has 0 bridgehead atoms. The van der Waals surface area contributed by atoms with Gasteiger partial charge in [-0.05, 0) is 31.7 Å². The minimum absolute atomic E-state index is 0.0569. The van der Waals surface area contributed by atoms with Crippen LogP contribution < -0.4 is 10.2 Å². The maximum atomic E-state index is 11.9. The highest BCUT2D eigenvalue weighted by Gasteiger charge is 2.27. The molecule has 1 saturated heterocycles. The van der Waals surface area contributed by atoms with E-state index in [0.29, 0.717) is 5.56 Å². The standard InChI is InChI=1S/C18H23N5O/c1-13-9-17(21-12-20-13)23-8-7-22(3)16(11-23)14-5-4-6-15(10-14)18(24)19-2/h4-6,9-10,12,16H,7-8,11H2,1-3H3,(H,19,24). The normalized spacial score (nSPS) is 18.5. The summed E-state index contributed by atoms with van der Waals surface area (Å²) < 4.78 is 0. The molecule has 2 aromatic rings. The summed E-state index contributed by atoms with van der Waals surface area (Å²) in [6.45, 7) is 4.69. The summed E-state index contributed by atoms with van der Waals surface area (Å²) in [5.41, 5.74) is 2.81. The molecule has 6 heteroatoms. The van der Waals surface area contributed by atoms with Crippen molar-refractivity contribution in [2.24, 2.45) is 0 Å². The Kier molecular flexibility index (Phi) is 4.76. The fourth-order valence-corrected chi connectivity index (χ4v) is 3.09. The number of hydrogen-bond acceptors (Lipinski definition) is 5. The molecule has 1 aliphatic heterocycles. The summed E-state index contributed by atoms with van der Waals surface area (Å²) in [7, 11) is 3.78. The number of aromatic nitrogens is 2. The van der Waals surface area contributed by atoms with E-state index in [0.717, 1.165) is 36.7 Å². The molecule has 126 valence electrons. The lowest BCUT2D eigenvalue weighted by Crippen LogP contribution is -2.47. The summed E-state index contributed by atoms with van der Waals surface area (Å²) in [6.07, 6.45) is 1.62. The number of amides is 1. The third kappa shape index (κ3) is 3.38. The predicted molar refractivity (Wildman–Crippen MR) is 94.2 cm³/mol. The van der Waals surface area contributed by atoms with Gasteiger partial charge in [0.25, 0.3) is 5.91 Å². The van der Waals surface area contributed by atoms with Crippen LogP contribution in [0.3, 0.4) is 0 Å². The first-order valence-electron chi connectivity index (χ1n) is 8.14. The van der Waals surface area contributed by atoms with E-state index in [1.807, 2.05) is 31.2 Å². The van der Waals surface area contributed by atoms with Gasteiger partial charge in [-0.1, -0.05) is 12.1 Å². The first-order valence-corrected chi connectivity index (χ1v) is 8.14. The van der Waals surface area contributed by atoms with Crippen molar-refractivity contribution >= 4 is 11.7 Å². The van der Waals surface area contributed by atoms with Crippen molar-refractivity contribution in [3.05, 3.63) is 53.5 Å². The van der Waals surface area contributed by atoms with Crippen LogP contribution in [0.5, 0.6) is 0 Å². The molecule has 1 amide bonds. The van der Waals surface area contributed by atoms with Crippen molar-refractivity contribution in [3.63, 3.8) is 0 Å². The van der Waals surface area contributed by atoms with Gasteiger partial charge in [0.2, 0.25) is 0 Å². The summed E-state index contributed by atoms with van der Waals surface area (Å²) in [5, 5.41) is 2.68. The first-order chi connectivity index (χ1) is 11.6. The lowest BCUT2D eigenvalue weighted by molar-refractivity contribution is 0.0962. The van der Waals surface area contributed by atoms with Gasteiger partial charge < -0.3 is 10.2 Å². The maximum Gasteiger partial charge on any atom is 0.251 e. The average molecular weight is 325 g/mol. The molecular formula is C18H23N5O. The zero-order valence-electron chi connectivity index (χ0n) is 14.4. The van der Waals surface area contributed by atoms with Crippen molar-refractivity contribution in [3.8, 4) is 0 Å². The molecule has 1 fully saturated rings. The van der Waals surface area contributed by atoms with Crippen molar-refractivity contribution in [1.82, 2.24) is 20.2 Å². The van der Waals surface area contributed by atoms with Gasteiger partial charge in [-0.15, -0.1) is 0 Å². The number of aryl methyl sites for hydroxylation is 1. The van der Waals surface area contributed by atoms with E-state index in [1.54, 1.807) is 13.4 Å². The molecule has 0 spiro atoms. The lowest BCUT2D eigenvalue weighted by atomic mass is 10.00. The Labute approximate surface area is 142 Å². The molecule has 3 rings (SSSR count). The largest absolute Gasteiger partial charge is 0.355 e. The quantitative estimate of drug-likeness (QED) is 0.929. The van der Waals surface area contributed by atoms with Crippen molar-refractivity contribution in [2.75, 3.05) is 38.6 Å². The van der Waals surface area contributed by atoms with Gasteiger partial charge in [0.15, 0.2) is 0 Å². The molecule has 1 aromatic heterocycles. The van der Waals surface area contributed by atoms with Gasteiger partial charge in [-0.2, -0.15) is 0 Å². The highest BCUT2D eigenvalue weighted by molar-refractivity contribution is 5.94. The van der Waals surface area contributed by atoms with Crippen LogP contribution in [0.15, 0.2) is 36.7 Å². The van der Waals surface area contributed by atoms with E-state index in [1.165, 1.54) is 0 Å². The van der Waals surface area contributed by atoms with Crippen LogP contribution in [0.4, 0.5) is 5.82 Å². The Bertz CT molecular complexity index is 733. The Morgan fingerprint density at radius 2 is 2.08 bits per heavy atom. The van der Waals surface area contributed by atoms with Crippen LogP contribution in [0, 0.1) is 6.92 Å². The Morgan fingerprint density at radius 3 is 2.83 bits per heavy atom. The van der Waals surface area contributed by atoms with Gasteiger partial charge in [-0.3, -0.25) is 9.69 Å². The lowest BCUT2D eigenvalue weighted by Gasteiger charge is -2.40. The molecule has 24 heavy (non-hydrogen) atoms. The van der Waals surface area contributed by atoms with Crippen LogP contribution >= 0.6 is 0 Å². The number of likely N-dealkylation sites (N-methyl/N-ethyl adjacent to an activating group) is 1. The number of nitrogens with one attached hydrogen (secondary N) is 1. The minimum atomic E-state index is -0.0569. The van der Waals surface area contributed by atoms with Crippen LogP contribution in [0.1, 0.15) is 27.7 Å². The first kappa shape index (κ1) is 16.4. The minimum Gasteiger partial charge on any atom is -0.355 e. The number of nitrogens with zero attached hydrogens (tertiary/aromatic N) is 4. The van der Waals surface area contributed by atoms with E-state index >= 15 is 0 Å². The summed E-state index contributed by atoms with van der Waals surface area (Å²) in [5.74, 6) is 0.904. The second-order valence-corrected chi connectivity index (χ2v) is 6.16. The fourth-order valence-electron chi connectivity index (χ4n) is 3.09. The van der Waals surface area contributed by atoms with Crippen LogP contribution in [0.2, 0.25) is 0 Å². The summed E-state index contributed by atoms with van der Waals surface area (Å²) in [4.78, 5) is 25.1. The van der Waals surface area contributed by atoms with Gasteiger partial charge in [-0.25, -0.2) is 9.97 Å². The van der Waals surface area contributed by atoms with Gasteiger partial charge >= 0.3 is 0 Å². The van der Waals surface area contributed by atoms with Crippen molar-refractivity contribution < 1.29 is 4.79 Å². The molecule has 0 saturated carbocycles. The predicted octanol–water partition coefficient (Wildman–Crippen LogP) is 1.64. The molecule has 0 aliphatic carbocycles. The molecule has 1 N–H and O–H groups in total. The maximum absolute atomic E-state index is 11.9. The second-order valence-electron chi connectivity index (χ2n) is 6.16. The molecule has 1 aromatic carbocycles. The molecule has 2 heterocycles. The molecule has 0 radical (unpaired) electrons. The molecule has 1 aliphatic rings. The van der Waals surface area contributed by atoms with Crippen LogP contribution in [-0.4, -0.2) is 54.5 Å². The average Bonchev–Trinajstić information content (AvgIpc) is 2.61. The summed E-state index contributed by atoms with van der Waals surface area (Å²) in [6, 6.07) is 10.1. The van der Waals surface area contributed by atoms with E-state index in [9.17, 15) is 4.79 Å². The highest BCUT2D eigenvalue weighted by atomic mass is 16.1. The van der Waals surface area contributed by atoms with Crippen molar-refractivity contribution in [2.45, 2.75) is 13.0 Å². The fraction of sp³-hybridized carbons (Fsp3) is 0.389. The number of rotatable bonds is 3. The van der Waals surface area contributed by atoms with E-state index in [-0.39, 0.29) is 11.9 Å². The number of piperazine rings is 1. The topological polar surface area (TPSA) is 61.4 Å². The van der Waals surface area contributed by atoms with Crippen LogP contribution in [-0.2, 0) is 0 Å². The highest BCUT2D eigenvalue weighted by Crippen LogP contribution is 2.27. The number of carbonyl (C=O) groups excluding carboxylic acids is 1. The monoisotopic (exact) mass is 325 g/mol. The van der Waals surface area contributed by atoms with Gasteiger partial charge in [0.1, 0.15) is 12.1 Å². The smallest absolute Gasteiger partial charge is 0.251 e. The Morgan fingerprint density at radius 1 is 1.25 bits per heavy atom. The SMILES string of the molecule is CNC(=O)c1cccc(C2CN(c3cc(C)ncn3)CCN2C)c1. The number of carbonyl (C=O) groups is 1. The van der Waals surface area contributed by atoms with E-state index < -0.39 is 0 Å². The number of benzene rings is 1. The molecule has 1 unspecified atom stereocenters. The van der Waals surface area contributed by atoms with E-state index in [2.05, 4.69) is 38.2 Å².